The first-order chi connectivity index (χ1) is 13.8. The number of guanidine groups is 1. The molecule has 0 saturated carbocycles. The molecule has 1 saturated heterocycles. The van der Waals surface area contributed by atoms with Gasteiger partial charge in [-0.25, -0.2) is 4.79 Å². The quantitative estimate of drug-likeness (QED) is 0.151. The number of hydrogen-bond donors (Lipinski definition) is 3. The molecule has 0 spiro atoms. The van der Waals surface area contributed by atoms with Crippen molar-refractivity contribution in [1.82, 2.24) is 20.9 Å². The fraction of sp³-hybridized carbons (Fsp3) is 0.591. The van der Waals surface area contributed by atoms with Crippen molar-refractivity contribution < 1.29 is 9.59 Å². The largest absolute Gasteiger partial charge is 0.357 e. The van der Waals surface area contributed by atoms with Crippen LogP contribution in [0.2, 0.25) is 0 Å². The van der Waals surface area contributed by atoms with Crippen LogP contribution in [0.4, 0.5) is 4.79 Å². The van der Waals surface area contributed by atoms with Crippen LogP contribution in [0.15, 0.2) is 23.2 Å². The van der Waals surface area contributed by atoms with Crippen molar-refractivity contribution in [2.24, 2.45) is 4.99 Å². The van der Waals surface area contributed by atoms with E-state index in [2.05, 4.69) is 53.0 Å². The molecule has 168 valence electrons. The van der Waals surface area contributed by atoms with Gasteiger partial charge in [0.1, 0.15) is 5.54 Å². The van der Waals surface area contributed by atoms with Gasteiger partial charge in [-0.3, -0.25) is 14.7 Å². The first-order valence-electron chi connectivity index (χ1n) is 10.5. The van der Waals surface area contributed by atoms with Crippen molar-refractivity contribution in [1.29, 1.82) is 0 Å². The number of urea groups is 1. The van der Waals surface area contributed by atoms with Crippen molar-refractivity contribution >= 4 is 41.9 Å². The highest BCUT2D eigenvalue weighted by molar-refractivity contribution is 14.0. The maximum absolute atomic E-state index is 12.4. The highest BCUT2D eigenvalue weighted by Gasteiger charge is 2.45. The van der Waals surface area contributed by atoms with Crippen molar-refractivity contribution in [3.63, 3.8) is 0 Å². The fourth-order valence-corrected chi connectivity index (χ4v) is 3.49. The summed E-state index contributed by atoms with van der Waals surface area (Å²) >= 11 is 0. The number of nitrogens with zero attached hydrogens (tertiary/aromatic N) is 2. The van der Waals surface area contributed by atoms with Crippen LogP contribution in [0.5, 0.6) is 0 Å². The van der Waals surface area contributed by atoms with Crippen LogP contribution in [0, 0.1) is 13.8 Å². The van der Waals surface area contributed by atoms with Gasteiger partial charge in [0.15, 0.2) is 5.96 Å². The number of aliphatic imine (C=N–C) groups is 1. The minimum atomic E-state index is -0.773. The smallest absolute Gasteiger partial charge is 0.325 e. The molecule has 30 heavy (non-hydrogen) atoms. The van der Waals surface area contributed by atoms with Gasteiger partial charge < -0.3 is 16.0 Å². The first kappa shape index (κ1) is 26.2. The molecule has 1 aliphatic rings. The number of hydrogen-bond acceptors (Lipinski definition) is 3. The summed E-state index contributed by atoms with van der Waals surface area (Å²) in [6, 6.07) is 6.29. The zero-order valence-corrected chi connectivity index (χ0v) is 21.1. The molecule has 0 radical (unpaired) electrons. The summed E-state index contributed by atoms with van der Waals surface area (Å²) in [4.78, 5) is 30.3. The molecule has 1 unspecified atom stereocenters. The number of amides is 3. The molecule has 0 bridgehead atoms. The molecule has 1 atom stereocenters. The Kier molecular flexibility index (Phi) is 10.6. The molecule has 7 nitrogen and oxygen atoms in total. The zero-order chi connectivity index (χ0) is 21.4. The van der Waals surface area contributed by atoms with Gasteiger partial charge in [-0.2, -0.15) is 0 Å². The molecule has 1 aromatic rings. The lowest BCUT2D eigenvalue weighted by Crippen LogP contribution is -2.43. The average Bonchev–Trinajstić information content (AvgIpc) is 2.87. The van der Waals surface area contributed by atoms with Gasteiger partial charge in [-0.05, 0) is 52.5 Å². The van der Waals surface area contributed by atoms with E-state index < -0.39 is 5.54 Å². The Morgan fingerprint density at radius 1 is 1.13 bits per heavy atom. The molecule has 8 heteroatoms. The lowest BCUT2D eigenvalue weighted by atomic mass is 9.99. The molecule has 1 heterocycles. The summed E-state index contributed by atoms with van der Waals surface area (Å²) in [5.41, 5.74) is 3.09. The Labute approximate surface area is 197 Å². The highest BCUT2D eigenvalue weighted by Crippen LogP contribution is 2.20. The minimum Gasteiger partial charge on any atom is -0.357 e. The van der Waals surface area contributed by atoms with E-state index in [1.165, 1.54) is 21.6 Å². The highest BCUT2D eigenvalue weighted by atomic mass is 127. The normalized spacial score (nSPS) is 18.8. The van der Waals surface area contributed by atoms with E-state index in [1.54, 1.807) is 6.92 Å². The topological polar surface area (TPSA) is 85.8 Å². The van der Waals surface area contributed by atoms with Gasteiger partial charge in [0.05, 0.1) is 0 Å². The van der Waals surface area contributed by atoms with Gasteiger partial charge in [-0.15, -0.1) is 24.0 Å². The Morgan fingerprint density at radius 2 is 1.80 bits per heavy atom. The summed E-state index contributed by atoms with van der Waals surface area (Å²) in [7, 11) is 0. The number of benzene rings is 1. The van der Waals surface area contributed by atoms with Crippen LogP contribution in [0.3, 0.4) is 0 Å². The van der Waals surface area contributed by atoms with Crippen LogP contribution >= 0.6 is 24.0 Å². The monoisotopic (exact) mass is 529 g/mol. The lowest BCUT2D eigenvalue weighted by Gasteiger charge is -2.19. The fourth-order valence-electron chi connectivity index (χ4n) is 3.49. The maximum atomic E-state index is 12.4. The van der Waals surface area contributed by atoms with E-state index in [1.807, 2.05) is 13.8 Å². The summed E-state index contributed by atoms with van der Waals surface area (Å²) in [6.45, 7) is 12.4. The number of aryl methyl sites for hydroxylation is 2. The third-order valence-corrected chi connectivity index (χ3v) is 5.19. The predicted octanol–water partition coefficient (Wildman–Crippen LogP) is 3.13. The summed E-state index contributed by atoms with van der Waals surface area (Å²) in [5.74, 6) is 0.611. The van der Waals surface area contributed by atoms with Crippen molar-refractivity contribution in [3.05, 3.63) is 34.9 Å². The second-order valence-electron chi connectivity index (χ2n) is 7.86. The molecule has 1 fully saturated rings. The van der Waals surface area contributed by atoms with Crippen LogP contribution in [-0.2, 0) is 11.2 Å². The molecule has 3 amide bonds. The summed E-state index contributed by atoms with van der Waals surface area (Å²) in [6.07, 6.45) is 2.14. The summed E-state index contributed by atoms with van der Waals surface area (Å²) in [5, 5.41) is 9.37. The van der Waals surface area contributed by atoms with E-state index in [9.17, 15) is 9.59 Å². The van der Waals surface area contributed by atoms with Gasteiger partial charge in [0, 0.05) is 26.2 Å². The van der Waals surface area contributed by atoms with Crippen LogP contribution in [0.25, 0.3) is 0 Å². The predicted molar refractivity (Wildman–Crippen MR) is 133 cm³/mol. The zero-order valence-electron chi connectivity index (χ0n) is 18.8. The van der Waals surface area contributed by atoms with E-state index in [4.69, 9.17) is 0 Å². The van der Waals surface area contributed by atoms with Gasteiger partial charge in [0.25, 0.3) is 5.91 Å². The number of nitrogens with one attached hydrogen (secondary N) is 3. The maximum Gasteiger partial charge on any atom is 0.325 e. The Balaban J connectivity index is 0.00000450. The number of carbonyl (C=O) groups is 2. The van der Waals surface area contributed by atoms with Crippen molar-refractivity contribution in [3.8, 4) is 0 Å². The number of imide groups is 1. The van der Waals surface area contributed by atoms with Crippen molar-refractivity contribution in [2.75, 3.05) is 26.2 Å². The molecule has 3 N–H and O–H groups in total. The minimum absolute atomic E-state index is 0. The first-order valence-corrected chi connectivity index (χ1v) is 10.5. The van der Waals surface area contributed by atoms with Crippen LogP contribution in [0.1, 0.15) is 50.3 Å². The van der Waals surface area contributed by atoms with Crippen LogP contribution < -0.4 is 16.0 Å². The number of carbonyl (C=O) groups excluding carboxylic acids is 2. The Morgan fingerprint density at radius 3 is 2.37 bits per heavy atom. The van der Waals surface area contributed by atoms with E-state index >= 15 is 0 Å². The van der Waals surface area contributed by atoms with E-state index in [0.717, 1.165) is 25.5 Å². The molecule has 1 aliphatic heterocycles. The van der Waals surface area contributed by atoms with Gasteiger partial charge in [0.2, 0.25) is 0 Å². The second kappa shape index (κ2) is 12.1. The average molecular weight is 529 g/mol. The number of halogens is 1. The molecular formula is C22H36IN5O2. The molecule has 0 aromatic heterocycles. The molecule has 0 aliphatic carbocycles. The summed E-state index contributed by atoms with van der Waals surface area (Å²) < 4.78 is 0. The Bertz CT molecular complexity index is 748. The standard InChI is InChI=1S/C22H35N5O2.HI/c1-6-22(5)19(28)27(21(29)26-22)12-8-10-24-20(23-7-2)25-11-9-18-14-16(3)13-17(4)15-18;/h13-15H,6-12H2,1-5H3,(H,26,29)(H2,23,24,25);1H. The van der Waals surface area contributed by atoms with Crippen LogP contribution in [-0.4, -0.2) is 54.5 Å². The second-order valence-corrected chi connectivity index (χ2v) is 7.86. The third-order valence-electron chi connectivity index (χ3n) is 5.19. The molecular weight excluding hydrogens is 493 g/mol. The molecule has 1 aromatic carbocycles. The lowest BCUT2D eigenvalue weighted by molar-refractivity contribution is -0.130. The molecule has 2 rings (SSSR count). The third kappa shape index (κ3) is 7.14. The van der Waals surface area contributed by atoms with Gasteiger partial charge in [-0.1, -0.05) is 36.2 Å². The van der Waals surface area contributed by atoms with E-state index in [0.29, 0.717) is 25.9 Å². The SMILES string of the molecule is CCNC(=NCCCN1C(=O)NC(C)(CC)C1=O)NCCc1cc(C)cc(C)c1.I. The van der Waals surface area contributed by atoms with Crippen molar-refractivity contribution in [2.45, 2.75) is 59.4 Å². The van der Waals surface area contributed by atoms with Gasteiger partial charge >= 0.3 is 6.03 Å². The number of rotatable bonds is 9. The van der Waals surface area contributed by atoms with E-state index in [-0.39, 0.29) is 35.9 Å². The Hall–Kier alpha value is -1.84.